The Morgan fingerprint density at radius 2 is 1.77 bits per heavy atom. The molecule has 0 bridgehead atoms. The number of hydrazine groups is 1. The molecule has 2 aromatic carbocycles. The number of hydrogen-bond donors (Lipinski definition) is 1. The van der Waals surface area contributed by atoms with Gasteiger partial charge in [-0.05, 0) is 73.4 Å². The number of benzene rings is 2. The normalized spacial score (nSPS) is 16.4. The Labute approximate surface area is 238 Å². The molecule has 1 aromatic heterocycles. The lowest BCUT2D eigenvalue weighted by molar-refractivity contribution is -0.132. The Kier molecular flexibility index (Phi) is 8.03. The van der Waals surface area contributed by atoms with Crippen molar-refractivity contribution in [3.63, 3.8) is 0 Å². The number of carbonyl (C=O) groups excluding carboxylic acids is 1. The first kappa shape index (κ1) is 27.3. The zero-order valence-corrected chi connectivity index (χ0v) is 23.6. The summed E-state index contributed by atoms with van der Waals surface area (Å²) in [6, 6.07) is 12.8. The first-order chi connectivity index (χ1) is 18.8. The van der Waals surface area contributed by atoms with Crippen molar-refractivity contribution in [2.75, 3.05) is 26.7 Å². The molecule has 0 spiro atoms. The van der Waals surface area contributed by atoms with E-state index in [0.717, 1.165) is 43.6 Å². The second kappa shape index (κ2) is 11.5. The van der Waals surface area contributed by atoms with Gasteiger partial charge in [-0.15, -0.1) is 0 Å². The van der Waals surface area contributed by atoms with E-state index in [9.17, 15) is 14.7 Å². The van der Waals surface area contributed by atoms with Gasteiger partial charge in [-0.25, -0.2) is 9.80 Å². The van der Waals surface area contributed by atoms with Gasteiger partial charge >= 0.3 is 5.97 Å². The molecule has 3 aromatic rings. The second-order valence-electron chi connectivity index (χ2n) is 9.76. The van der Waals surface area contributed by atoms with Crippen LogP contribution in [0.5, 0.6) is 5.75 Å². The maximum absolute atomic E-state index is 14.3. The van der Waals surface area contributed by atoms with Gasteiger partial charge < -0.3 is 14.4 Å². The Morgan fingerprint density at radius 1 is 1.05 bits per heavy atom. The van der Waals surface area contributed by atoms with Crippen LogP contribution in [-0.4, -0.2) is 58.3 Å². The number of piperidine rings is 1. The SMILES string of the molecule is CC/C(=C/c1c2c(n(-c3ccc(Cl)cc3Cl)c1-c1ccc(OC)cc1)CCN(N1CCCCC1)C2=O)C(=O)O. The van der Waals surface area contributed by atoms with Crippen LogP contribution in [0.4, 0.5) is 0 Å². The van der Waals surface area contributed by atoms with Crippen LogP contribution in [0.1, 0.15) is 54.2 Å². The lowest BCUT2D eigenvalue weighted by Crippen LogP contribution is -2.51. The van der Waals surface area contributed by atoms with Gasteiger partial charge in [0.1, 0.15) is 5.75 Å². The zero-order valence-electron chi connectivity index (χ0n) is 22.0. The molecule has 0 atom stereocenters. The highest BCUT2D eigenvalue weighted by Crippen LogP contribution is 2.41. The second-order valence-corrected chi connectivity index (χ2v) is 10.6. The van der Waals surface area contributed by atoms with Crippen molar-refractivity contribution in [2.45, 2.75) is 39.0 Å². The Hall–Kier alpha value is -3.26. The number of methoxy groups -OCH3 is 1. The molecule has 0 aliphatic carbocycles. The smallest absolute Gasteiger partial charge is 0.331 e. The van der Waals surface area contributed by atoms with Crippen LogP contribution in [0.2, 0.25) is 10.0 Å². The Balaban J connectivity index is 1.83. The van der Waals surface area contributed by atoms with E-state index in [1.54, 1.807) is 32.2 Å². The van der Waals surface area contributed by atoms with E-state index >= 15 is 0 Å². The first-order valence-electron chi connectivity index (χ1n) is 13.2. The van der Waals surface area contributed by atoms with Crippen molar-refractivity contribution in [3.05, 3.63) is 74.9 Å². The molecule has 39 heavy (non-hydrogen) atoms. The number of carboxylic acid groups (broad SMARTS) is 1. The topological polar surface area (TPSA) is 75.0 Å². The lowest BCUT2D eigenvalue weighted by atomic mass is 9.97. The van der Waals surface area contributed by atoms with Crippen LogP contribution in [0, 0.1) is 0 Å². The standard InChI is InChI=1S/C30H31Cl2N3O4/c1-3-19(30(37)38)17-23-27-26(13-16-34(29(27)36)33-14-5-4-6-15-33)35(25-12-9-21(31)18-24(25)32)28(23)20-7-10-22(39-2)11-8-20/h7-12,17-18H,3-6,13-16H2,1-2H3,(H,37,38)/b19-17-. The summed E-state index contributed by atoms with van der Waals surface area (Å²) in [5.41, 5.74) is 4.29. The number of fused-ring (bicyclic) bond motifs is 1. The van der Waals surface area contributed by atoms with E-state index in [1.807, 2.05) is 39.9 Å². The van der Waals surface area contributed by atoms with E-state index in [0.29, 0.717) is 57.7 Å². The van der Waals surface area contributed by atoms with Gasteiger partial charge in [0.25, 0.3) is 5.91 Å². The minimum absolute atomic E-state index is 0.121. The fourth-order valence-electron chi connectivity index (χ4n) is 5.54. The highest BCUT2D eigenvalue weighted by molar-refractivity contribution is 6.35. The minimum atomic E-state index is -1.01. The third-order valence-corrected chi connectivity index (χ3v) is 8.02. The zero-order chi connectivity index (χ0) is 27.7. The Bertz CT molecular complexity index is 1440. The van der Waals surface area contributed by atoms with Gasteiger partial charge in [0, 0.05) is 47.9 Å². The number of carbonyl (C=O) groups is 2. The Morgan fingerprint density at radius 3 is 2.38 bits per heavy atom. The number of aliphatic carboxylic acids is 1. The summed E-state index contributed by atoms with van der Waals surface area (Å²) in [6.07, 6.45) is 5.79. The van der Waals surface area contributed by atoms with Crippen molar-refractivity contribution >= 4 is 41.2 Å². The van der Waals surface area contributed by atoms with Crippen LogP contribution in [0.3, 0.4) is 0 Å². The summed E-state index contributed by atoms with van der Waals surface area (Å²) in [5, 5.41) is 14.9. The number of nitrogens with zero attached hydrogens (tertiary/aromatic N) is 3. The largest absolute Gasteiger partial charge is 0.497 e. The summed E-state index contributed by atoms with van der Waals surface area (Å²) in [5.74, 6) is -0.445. The number of ether oxygens (including phenoxy) is 1. The van der Waals surface area contributed by atoms with Crippen LogP contribution >= 0.6 is 23.2 Å². The number of amides is 1. The summed E-state index contributed by atoms with van der Waals surface area (Å²) < 4.78 is 7.38. The average molecular weight is 569 g/mol. The van der Waals surface area contributed by atoms with E-state index in [4.69, 9.17) is 27.9 Å². The van der Waals surface area contributed by atoms with Crippen molar-refractivity contribution in [2.24, 2.45) is 0 Å². The third kappa shape index (κ3) is 5.19. The van der Waals surface area contributed by atoms with Crippen molar-refractivity contribution < 1.29 is 19.4 Å². The number of halogens is 2. The first-order valence-corrected chi connectivity index (χ1v) is 14.0. The maximum Gasteiger partial charge on any atom is 0.331 e. The molecule has 1 N–H and O–H groups in total. The molecule has 0 radical (unpaired) electrons. The molecule has 9 heteroatoms. The quantitative estimate of drug-likeness (QED) is 0.320. The van der Waals surface area contributed by atoms with Crippen molar-refractivity contribution in [1.82, 2.24) is 14.6 Å². The number of carboxylic acids is 1. The van der Waals surface area contributed by atoms with E-state index in [2.05, 4.69) is 5.01 Å². The van der Waals surface area contributed by atoms with Gasteiger partial charge in [-0.1, -0.05) is 36.5 Å². The van der Waals surface area contributed by atoms with Crippen LogP contribution < -0.4 is 4.74 Å². The fraction of sp³-hybridized carbons (Fsp3) is 0.333. The predicted octanol–water partition coefficient (Wildman–Crippen LogP) is 6.74. The molecule has 1 fully saturated rings. The maximum atomic E-state index is 14.3. The van der Waals surface area contributed by atoms with Gasteiger partial charge in [-0.2, -0.15) is 0 Å². The van der Waals surface area contributed by atoms with Crippen molar-refractivity contribution in [3.8, 4) is 22.7 Å². The summed E-state index contributed by atoms with van der Waals surface area (Å²) >= 11 is 13.0. The molecule has 2 aliphatic rings. The third-order valence-electron chi connectivity index (χ3n) is 7.48. The van der Waals surface area contributed by atoms with Gasteiger partial charge in [0.15, 0.2) is 0 Å². The number of aromatic nitrogens is 1. The fourth-order valence-corrected chi connectivity index (χ4v) is 6.03. The number of rotatable bonds is 7. The monoisotopic (exact) mass is 567 g/mol. The number of hydrogen-bond acceptors (Lipinski definition) is 4. The average Bonchev–Trinajstić information content (AvgIpc) is 3.26. The van der Waals surface area contributed by atoms with E-state index < -0.39 is 5.97 Å². The summed E-state index contributed by atoms with van der Waals surface area (Å²) in [7, 11) is 1.60. The van der Waals surface area contributed by atoms with E-state index in [-0.39, 0.29) is 11.5 Å². The van der Waals surface area contributed by atoms with Crippen LogP contribution in [0.25, 0.3) is 23.0 Å². The molecular weight excluding hydrogens is 537 g/mol. The molecular formula is C30H31Cl2N3O4. The van der Waals surface area contributed by atoms with Crippen molar-refractivity contribution in [1.29, 1.82) is 0 Å². The van der Waals surface area contributed by atoms with Gasteiger partial charge in [0.05, 0.1) is 29.1 Å². The minimum Gasteiger partial charge on any atom is -0.497 e. The molecule has 7 nitrogen and oxygen atoms in total. The van der Waals surface area contributed by atoms with Gasteiger partial charge in [-0.3, -0.25) is 9.80 Å². The highest BCUT2D eigenvalue weighted by Gasteiger charge is 2.37. The van der Waals surface area contributed by atoms with Crippen LogP contribution in [-0.2, 0) is 11.2 Å². The molecule has 2 aliphatic heterocycles. The lowest BCUT2D eigenvalue weighted by Gasteiger charge is -2.39. The predicted molar refractivity (Wildman–Crippen MR) is 154 cm³/mol. The molecule has 0 saturated carbocycles. The molecule has 3 heterocycles. The molecule has 5 rings (SSSR count). The molecule has 1 saturated heterocycles. The van der Waals surface area contributed by atoms with Gasteiger partial charge in [0.2, 0.25) is 0 Å². The molecule has 0 unspecified atom stereocenters. The van der Waals surface area contributed by atoms with E-state index in [1.165, 1.54) is 0 Å². The van der Waals surface area contributed by atoms with Crippen LogP contribution in [0.15, 0.2) is 48.0 Å². The molecule has 1 amide bonds. The summed E-state index contributed by atoms with van der Waals surface area (Å²) in [4.78, 5) is 26.4. The molecule has 204 valence electrons. The highest BCUT2D eigenvalue weighted by atomic mass is 35.5. The summed E-state index contributed by atoms with van der Waals surface area (Å²) in [6.45, 7) is 3.99.